The first-order valence-electron chi connectivity index (χ1n) is 9.46. The minimum Gasteiger partial charge on any atom is -0.411 e. The van der Waals surface area contributed by atoms with Crippen molar-refractivity contribution in [2.24, 2.45) is 34.0 Å². The fourth-order valence-electron chi connectivity index (χ4n) is 4.29. The average molecular weight is 370 g/mol. The van der Waals surface area contributed by atoms with Gasteiger partial charge < -0.3 is 10.4 Å². The summed E-state index contributed by atoms with van der Waals surface area (Å²) in [6.07, 6.45) is 4.53. The summed E-state index contributed by atoms with van der Waals surface area (Å²) < 4.78 is 0. The maximum atomic E-state index is 9.09. The van der Waals surface area contributed by atoms with Crippen molar-refractivity contribution in [3.63, 3.8) is 0 Å². The molecule has 0 aromatic heterocycles. The van der Waals surface area contributed by atoms with E-state index >= 15 is 0 Å². The Morgan fingerprint density at radius 1 is 0.731 bits per heavy atom. The normalized spacial score (nSPS) is 45.2. The molecule has 0 amide bonds. The van der Waals surface area contributed by atoms with E-state index in [1.54, 1.807) is 13.8 Å². The van der Waals surface area contributed by atoms with E-state index in [9.17, 15) is 0 Å². The fourth-order valence-corrected chi connectivity index (χ4v) is 4.29. The van der Waals surface area contributed by atoms with Crippen molar-refractivity contribution in [1.29, 1.82) is 0 Å². The van der Waals surface area contributed by atoms with Crippen molar-refractivity contribution in [1.82, 2.24) is 0 Å². The Kier molecular flexibility index (Phi) is 5.58. The Morgan fingerprint density at radius 2 is 1.08 bits per heavy atom. The molecule has 1 saturated heterocycles. The molecule has 8 heteroatoms. The molecule has 4 atom stereocenters. The van der Waals surface area contributed by atoms with E-state index in [0.29, 0.717) is 24.3 Å². The van der Waals surface area contributed by atoms with Crippen molar-refractivity contribution < 1.29 is 30.0 Å². The van der Waals surface area contributed by atoms with Crippen LogP contribution < -0.4 is 0 Å². The highest BCUT2D eigenvalue weighted by Gasteiger charge is 2.58. The number of rotatable bonds is 2. The zero-order valence-electron chi connectivity index (χ0n) is 16.0. The summed E-state index contributed by atoms with van der Waals surface area (Å²) in [5.41, 5.74) is 1.31. The summed E-state index contributed by atoms with van der Waals surface area (Å²) in [5, 5.41) is 24.9. The van der Waals surface area contributed by atoms with Crippen LogP contribution in [0.2, 0.25) is 0 Å². The van der Waals surface area contributed by atoms with E-state index in [4.69, 9.17) is 30.0 Å². The Morgan fingerprint density at radius 3 is 1.38 bits per heavy atom. The lowest BCUT2D eigenvalue weighted by molar-refractivity contribution is -0.675. The molecular weight excluding hydrogens is 340 g/mol. The molecule has 0 unspecified atom stereocenters. The first kappa shape index (κ1) is 19.5. The lowest BCUT2D eigenvalue weighted by Gasteiger charge is -2.52. The van der Waals surface area contributed by atoms with Gasteiger partial charge in [-0.05, 0) is 39.5 Å². The van der Waals surface area contributed by atoms with Crippen LogP contribution in [0.3, 0.4) is 0 Å². The van der Waals surface area contributed by atoms with Crippen LogP contribution in [-0.2, 0) is 19.6 Å². The molecule has 2 saturated carbocycles. The summed E-state index contributed by atoms with van der Waals surface area (Å²) in [6.45, 7) is 7.68. The van der Waals surface area contributed by atoms with Crippen LogP contribution >= 0.6 is 0 Å². The van der Waals surface area contributed by atoms with Crippen molar-refractivity contribution in [3.8, 4) is 0 Å². The SMILES string of the molecule is C/C(=N\O)[C@@H]1CC[C@@H](C)C2(C1)OOC1(C[C@H](/C(C)=N/O)CC[C@H]1C)OO2. The molecule has 148 valence electrons. The molecule has 1 heterocycles. The van der Waals surface area contributed by atoms with E-state index < -0.39 is 11.6 Å². The van der Waals surface area contributed by atoms with Gasteiger partial charge >= 0.3 is 0 Å². The van der Waals surface area contributed by atoms with Crippen LogP contribution in [0.5, 0.6) is 0 Å². The zero-order valence-corrected chi connectivity index (χ0v) is 16.0. The van der Waals surface area contributed by atoms with Gasteiger partial charge in [0.15, 0.2) is 0 Å². The molecule has 3 fully saturated rings. The molecule has 0 bridgehead atoms. The number of oxime groups is 2. The van der Waals surface area contributed by atoms with Gasteiger partial charge in [0.1, 0.15) is 0 Å². The van der Waals surface area contributed by atoms with Gasteiger partial charge in [-0.2, -0.15) is 19.6 Å². The fraction of sp³-hybridized carbons (Fsp3) is 0.889. The Labute approximate surface area is 154 Å². The van der Waals surface area contributed by atoms with Gasteiger partial charge in [-0.25, -0.2) is 0 Å². The van der Waals surface area contributed by atoms with Crippen molar-refractivity contribution >= 4 is 11.4 Å². The molecule has 26 heavy (non-hydrogen) atoms. The minimum atomic E-state index is -1.01. The lowest BCUT2D eigenvalue weighted by atomic mass is 9.75. The molecule has 2 spiro atoms. The number of hydrogen-bond acceptors (Lipinski definition) is 8. The Bertz CT molecular complexity index is 520. The molecule has 0 radical (unpaired) electrons. The van der Waals surface area contributed by atoms with Gasteiger partial charge in [0.25, 0.3) is 0 Å². The largest absolute Gasteiger partial charge is 0.411 e. The summed E-state index contributed by atoms with van der Waals surface area (Å²) >= 11 is 0. The van der Waals surface area contributed by atoms with Crippen LogP contribution in [0.25, 0.3) is 0 Å². The monoisotopic (exact) mass is 370 g/mol. The summed E-state index contributed by atoms with van der Waals surface area (Å²) in [4.78, 5) is 23.5. The van der Waals surface area contributed by atoms with Gasteiger partial charge in [0, 0.05) is 36.5 Å². The van der Waals surface area contributed by atoms with Gasteiger partial charge in [-0.3, -0.25) is 0 Å². The highest BCUT2D eigenvalue weighted by molar-refractivity contribution is 5.84. The van der Waals surface area contributed by atoms with Crippen molar-refractivity contribution in [3.05, 3.63) is 0 Å². The Balaban J connectivity index is 1.74. The molecule has 3 rings (SSSR count). The third-order valence-electron chi connectivity index (χ3n) is 6.60. The van der Waals surface area contributed by atoms with E-state index in [1.807, 2.05) is 13.8 Å². The first-order chi connectivity index (χ1) is 12.4. The smallest absolute Gasteiger partial charge is 0.237 e. The maximum absolute atomic E-state index is 9.09. The van der Waals surface area contributed by atoms with Gasteiger partial charge in [-0.15, -0.1) is 0 Å². The van der Waals surface area contributed by atoms with Crippen LogP contribution in [0.1, 0.15) is 66.2 Å². The summed E-state index contributed by atoms with van der Waals surface area (Å²) in [6, 6.07) is 0. The first-order valence-corrected chi connectivity index (χ1v) is 9.46. The molecule has 1 aliphatic heterocycles. The predicted octanol–water partition coefficient (Wildman–Crippen LogP) is 3.86. The summed E-state index contributed by atoms with van der Waals surface area (Å²) in [7, 11) is 0. The maximum Gasteiger partial charge on any atom is 0.237 e. The second-order valence-electron chi connectivity index (χ2n) is 8.20. The molecule has 2 N–H and O–H groups in total. The minimum absolute atomic E-state index is 0.0535. The van der Waals surface area contributed by atoms with Crippen molar-refractivity contribution in [2.75, 3.05) is 0 Å². The average Bonchev–Trinajstić information content (AvgIpc) is 2.67. The zero-order chi connectivity index (χ0) is 18.9. The predicted molar refractivity (Wildman–Crippen MR) is 92.6 cm³/mol. The quantitative estimate of drug-likeness (QED) is 0.331. The van der Waals surface area contributed by atoms with Gasteiger partial charge in [-0.1, -0.05) is 24.2 Å². The molecule has 0 aromatic carbocycles. The number of nitrogens with zero attached hydrogens (tertiary/aromatic N) is 2. The second-order valence-corrected chi connectivity index (χ2v) is 8.20. The van der Waals surface area contributed by atoms with Crippen molar-refractivity contribution in [2.45, 2.75) is 77.8 Å². The lowest BCUT2D eigenvalue weighted by Crippen LogP contribution is -2.59. The highest BCUT2D eigenvalue weighted by atomic mass is 17.4. The topological polar surface area (TPSA) is 102 Å². The number of hydrogen-bond donors (Lipinski definition) is 2. The molecule has 8 nitrogen and oxygen atoms in total. The van der Waals surface area contributed by atoms with E-state index in [0.717, 1.165) is 25.7 Å². The third kappa shape index (κ3) is 3.35. The van der Waals surface area contributed by atoms with Gasteiger partial charge in [0.05, 0.1) is 11.4 Å². The summed E-state index contributed by atoms with van der Waals surface area (Å²) in [5.74, 6) is -1.74. The van der Waals surface area contributed by atoms with E-state index in [-0.39, 0.29) is 23.7 Å². The van der Waals surface area contributed by atoms with Crippen LogP contribution in [0, 0.1) is 23.7 Å². The second kappa shape index (κ2) is 7.42. The van der Waals surface area contributed by atoms with Crippen LogP contribution in [0.4, 0.5) is 0 Å². The standard InChI is InChI=1S/C18H30N2O6/c1-11-5-7-15(13(3)19-21)9-17(11)23-25-18(26-24-17)10-16(14(4)20-22)8-6-12(18)2/h11-12,15-16,21-22H,5-10H2,1-4H3/b19-13+,20-14+/t11-,12-,15-,16-,17?,18?/m1/s1. The highest BCUT2D eigenvalue weighted by Crippen LogP contribution is 2.50. The molecule has 0 aromatic rings. The Hall–Kier alpha value is -1.22. The van der Waals surface area contributed by atoms with Crippen LogP contribution in [-0.4, -0.2) is 33.4 Å². The van der Waals surface area contributed by atoms with E-state index in [2.05, 4.69) is 10.3 Å². The van der Waals surface area contributed by atoms with Crippen LogP contribution in [0.15, 0.2) is 10.3 Å². The third-order valence-corrected chi connectivity index (χ3v) is 6.60. The van der Waals surface area contributed by atoms with E-state index in [1.165, 1.54) is 0 Å². The molecule has 3 aliphatic rings. The molecule has 2 aliphatic carbocycles. The van der Waals surface area contributed by atoms with Gasteiger partial charge in [0.2, 0.25) is 11.6 Å². The molecular formula is C18H30N2O6.